The molecule has 0 aliphatic carbocycles. The summed E-state index contributed by atoms with van der Waals surface area (Å²) in [6, 6.07) is 5.09. The number of pyridine rings is 1. The predicted molar refractivity (Wildman–Crippen MR) is 75.3 cm³/mol. The molecule has 1 aromatic carbocycles. The third-order valence-corrected chi connectivity index (χ3v) is 3.33. The Hall–Kier alpha value is -1.81. The van der Waals surface area contributed by atoms with Crippen molar-refractivity contribution >= 4 is 0 Å². The lowest BCUT2D eigenvalue weighted by molar-refractivity contribution is 0.558. The Labute approximate surface area is 117 Å². The van der Waals surface area contributed by atoms with Crippen LogP contribution >= 0.6 is 0 Å². The quantitative estimate of drug-likeness (QED) is 0.918. The van der Waals surface area contributed by atoms with Crippen molar-refractivity contribution in [2.45, 2.75) is 33.4 Å². The van der Waals surface area contributed by atoms with Gasteiger partial charge in [0.1, 0.15) is 11.6 Å². The molecule has 2 rings (SSSR count). The molecule has 0 amide bonds. The summed E-state index contributed by atoms with van der Waals surface area (Å²) in [6.45, 7) is 6.05. The van der Waals surface area contributed by atoms with Crippen LogP contribution < -0.4 is 5.32 Å². The van der Waals surface area contributed by atoms with Gasteiger partial charge in [-0.15, -0.1) is 0 Å². The van der Waals surface area contributed by atoms with Crippen molar-refractivity contribution in [3.05, 3.63) is 64.5 Å². The fourth-order valence-electron chi connectivity index (χ4n) is 2.19. The summed E-state index contributed by atoms with van der Waals surface area (Å²) < 4.78 is 26.7. The maximum absolute atomic E-state index is 13.5. The van der Waals surface area contributed by atoms with Gasteiger partial charge < -0.3 is 5.32 Å². The van der Waals surface area contributed by atoms with Crippen LogP contribution in [0.4, 0.5) is 8.78 Å². The number of rotatable bonds is 4. The normalized spacial score (nSPS) is 12.4. The molecule has 0 bridgehead atoms. The van der Waals surface area contributed by atoms with Gasteiger partial charge in [0.2, 0.25) is 0 Å². The Morgan fingerprint density at radius 3 is 2.35 bits per heavy atom. The second-order valence-electron chi connectivity index (χ2n) is 5.08. The molecule has 20 heavy (non-hydrogen) atoms. The maximum atomic E-state index is 13.5. The Balaban J connectivity index is 2.05. The van der Waals surface area contributed by atoms with Gasteiger partial charge in [-0.3, -0.25) is 4.98 Å². The van der Waals surface area contributed by atoms with E-state index in [2.05, 4.69) is 10.3 Å². The second kappa shape index (κ2) is 6.09. The molecular formula is C16H18F2N2. The van der Waals surface area contributed by atoms with E-state index in [1.54, 1.807) is 20.0 Å². The average molecular weight is 276 g/mol. The molecule has 1 heterocycles. The highest BCUT2D eigenvalue weighted by Crippen LogP contribution is 2.17. The SMILES string of the molecule is Cc1cc(CNC(C)c2cncc(F)c2)cc(C)c1F. The van der Waals surface area contributed by atoms with E-state index in [0.29, 0.717) is 17.7 Å². The van der Waals surface area contributed by atoms with Crippen LogP contribution in [0.25, 0.3) is 0 Å². The first-order valence-electron chi connectivity index (χ1n) is 6.57. The van der Waals surface area contributed by atoms with Crippen LogP contribution in [-0.4, -0.2) is 4.98 Å². The Morgan fingerprint density at radius 2 is 1.75 bits per heavy atom. The second-order valence-corrected chi connectivity index (χ2v) is 5.08. The number of benzene rings is 1. The fourth-order valence-corrected chi connectivity index (χ4v) is 2.19. The Kier molecular flexibility index (Phi) is 4.45. The van der Waals surface area contributed by atoms with Crippen molar-refractivity contribution in [1.29, 1.82) is 0 Å². The van der Waals surface area contributed by atoms with Crippen molar-refractivity contribution < 1.29 is 8.78 Å². The number of nitrogens with one attached hydrogen (secondary N) is 1. The van der Waals surface area contributed by atoms with Crippen molar-refractivity contribution in [3.63, 3.8) is 0 Å². The molecule has 1 N–H and O–H groups in total. The van der Waals surface area contributed by atoms with Crippen molar-refractivity contribution in [2.24, 2.45) is 0 Å². The summed E-state index contributed by atoms with van der Waals surface area (Å²) in [5.74, 6) is -0.499. The molecule has 0 radical (unpaired) electrons. The van der Waals surface area contributed by atoms with Gasteiger partial charge >= 0.3 is 0 Å². The number of hydrogen-bond acceptors (Lipinski definition) is 2. The molecule has 1 aromatic heterocycles. The van der Waals surface area contributed by atoms with E-state index in [1.807, 2.05) is 19.1 Å². The fraction of sp³-hybridized carbons (Fsp3) is 0.312. The van der Waals surface area contributed by atoms with E-state index in [9.17, 15) is 8.78 Å². The smallest absolute Gasteiger partial charge is 0.141 e. The standard InChI is InChI=1S/C16H18F2N2/c1-10-4-13(5-11(2)16(10)18)7-20-12(3)14-6-15(17)9-19-8-14/h4-6,8-9,12,20H,7H2,1-3H3. The summed E-state index contributed by atoms with van der Waals surface area (Å²) in [4.78, 5) is 3.84. The minimum absolute atomic E-state index is 0.0242. The van der Waals surface area contributed by atoms with Crippen LogP contribution in [0.2, 0.25) is 0 Å². The molecule has 1 unspecified atom stereocenters. The Bertz CT molecular complexity index is 588. The zero-order valence-electron chi connectivity index (χ0n) is 11.9. The molecule has 0 aliphatic rings. The highest BCUT2D eigenvalue weighted by Gasteiger charge is 2.08. The van der Waals surface area contributed by atoms with Crippen LogP contribution in [-0.2, 0) is 6.54 Å². The number of nitrogens with zero attached hydrogens (tertiary/aromatic N) is 1. The van der Waals surface area contributed by atoms with E-state index < -0.39 is 0 Å². The van der Waals surface area contributed by atoms with Gasteiger partial charge in [0.05, 0.1) is 6.20 Å². The number of aromatic nitrogens is 1. The Morgan fingerprint density at radius 1 is 1.10 bits per heavy atom. The maximum Gasteiger partial charge on any atom is 0.141 e. The van der Waals surface area contributed by atoms with E-state index in [4.69, 9.17) is 0 Å². The molecule has 4 heteroatoms. The van der Waals surface area contributed by atoms with Crippen LogP contribution in [0.15, 0.2) is 30.6 Å². The highest BCUT2D eigenvalue weighted by atomic mass is 19.1. The monoisotopic (exact) mass is 276 g/mol. The van der Waals surface area contributed by atoms with Crippen LogP contribution in [0.3, 0.4) is 0 Å². The first-order valence-corrected chi connectivity index (χ1v) is 6.57. The average Bonchev–Trinajstić information content (AvgIpc) is 2.42. The molecular weight excluding hydrogens is 258 g/mol. The van der Waals surface area contributed by atoms with Gasteiger partial charge in [0.25, 0.3) is 0 Å². The minimum atomic E-state index is -0.343. The third-order valence-electron chi connectivity index (χ3n) is 3.33. The number of aryl methyl sites for hydroxylation is 2. The lowest BCUT2D eigenvalue weighted by atomic mass is 10.1. The predicted octanol–water partition coefficient (Wildman–Crippen LogP) is 3.83. The topological polar surface area (TPSA) is 24.9 Å². The molecule has 0 fully saturated rings. The lowest BCUT2D eigenvalue weighted by Crippen LogP contribution is -2.18. The molecule has 1 atom stereocenters. The number of halogens is 2. The summed E-state index contributed by atoms with van der Waals surface area (Å²) >= 11 is 0. The first kappa shape index (κ1) is 14.6. The van der Waals surface area contributed by atoms with Gasteiger partial charge in [-0.1, -0.05) is 12.1 Å². The number of hydrogen-bond donors (Lipinski definition) is 1. The van der Waals surface area contributed by atoms with Gasteiger partial charge in [0, 0.05) is 18.8 Å². The van der Waals surface area contributed by atoms with E-state index in [1.165, 1.54) is 12.3 Å². The summed E-state index contributed by atoms with van der Waals surface area (Å²) in [5.41, 5.74) is 3.09. The van der Waals surface area contributed by atoms with Gasteiger partial charge in [0.15, 0.2) is 0 Å². The van der Waals surface area contributed by atoms with E-state index in [-0.39, 0.29) is 17.7 Å². The molecule has 0 saturated heterocycles. The largest absolute Gasteiger partial charge is 0.306 e. The molecule has 2 aromatic rings. The van der Waals surface area contributed by atoms with Gasteiger partial charge in [-0.25, -0.2) is 8.78 Å². The molecule has 0 spiro atoms. The zero-order chi connectivity index (χ0) is 14.7. The lowest BCUT2D eigenvalue weighted by Gasteiger charge is -2.15. The molecule has 106 valence electrons. The summed E-state index contributed by atoms with van der Waals surface area (Å²) in [6.07, 6.45) is 2.82. The first-order chi connectivity index (χ1) is 9.47. The van der Waals surface area contributed by atoms with Crippen molar-refractivity contribution in [2.75, 3.05) is 0 Å². The molecule has 0 saturated carbocycles. The van der Waals surface area contributed by atoms with Gasteiger partial charge in [-0.2, -0.15) is 0 Å². The van der Waals surface area contributed by atoms with Crippen LogP contribution in [0, 0.1) is 25.5 Å². The summed E-state index contributed by atoms with van der Waals surface area (Å²) in [5, 5.41) is 3.29. The van der Waals surface area contributed by atoms with Crippen molar-refractivity contribution in [1.82, 2.24) is 10.3 Å². The van der Waals surface area contributed by atoms with E-state index in [0.717, 1.165) is 11.1 Å². The van der Waals surface area contributed by atoms with Crippen LogP contribution in [0.1, 0.15) is 35.2 Å². The van der Waals surface area contributed by atoms with Crippen LogP contribution in [0.5, 0.6) is 0 Å². The van der Waals surface area contributed by atoms with Gasteiger partial charge in [-0.05, 0) is 49.1 Å². The van der Waals surface area contributed by atoms with Crippen molar-refractivity contribution in [3.8, 4) is 0 Å². The minimum Gasteiger partial charge on any atom is -0.306 e. The molecule has 0 aliphatic heterocycles. The third kappa shape index (κ3) is 3.39. The molecule has 2 nitrogen and oxygen atoms in total. The zero-order valence-corrected chi connectivity index (χ0v) is 11.9. The highest BCUT2D eigenvalue weighted by molar-refractivity contribution is 5.30. The van der Waals surface area contributed by atoms with E-state index >= 15 is 0 Å². The summed E-state index contributed by atoms with van der Waals surface area (Å²) in [7, 11) is 0.